The largest absolute Gasteiger partial charge is 0.411 e. The van der Waals surface area contributed by atoms with Crippen molar-refractivity contribution in [1.82, 2.24) is 0 Å². The Balaban J connectivity index is 2.99. The summed E-state index contributed by atoms with van der Waals surface area (Å²) in [6.45, 7) is 1.73. The zero-order valence-electron chi connectivity index (χ0n) is 6.08. The van der Waals surface area contributed by atoms with Crippen LogP contribution in [0.3, 0.4) is 0 Å². The summed E-state index contributed by atoms with van der Waals surface area (Å²) in [5.41, 5.74) is 1.46. The van der Waals surface area contributed by atoms with Crippen molar-refractivity contribution in [3.05, 3.63) is 34.9 Å². The number of hydrogen-bond donors (Lipinski definition) is 1. The number of halogens is 1. The van der Waals surface area contributed by atoms with Crippen LogP contribution < -0.4 is 0 Å². The molecule has 0 aliphatic rings. The fraction of sp³-hybridized carbons (Fsp3) is 0.125. The Labute approximate surface area is 70.1 Å². The van der Waals surface area contributed by atoms with E-state index in [4.69, 9.17) is 16.8 Å². The summed E-state index contributed by atoms with van der Waals surface area (Å²) in [6.07, 6.45) is 0. The third kappa shape index (κ3) is 1.95. The van der Waals surface area contributed by atoms with E-state index in [2.05, 4.69) is 5.16 Å². The zero-order valence-corrected chi connectivity index (χ0v) is 6.84. The quantitative estimate of drug-likeness (QED) is 0.391. The summed E-state index contributed by atoms with van der Waals surface area (Å²) < 4.78 is 0. The van der Waals surface area contributed by atoms with Gasteiger partial charge in [0.1, 0.15) is 0 Å². The second-order valence-electron chi connectivity index (χ2n) is 2.19. The monoisotopic (exact) mass is 169 g/mol. The van der Waals surface area contributed by atoms with Crippen LogP contribution in [0, 0.1) is 0 Å². The summed E-state index contributed by atoms with van der Waals surface area (Å²) >= 11 is 5.66. The van der Waals surface area contributed by atoms with Crippen molar-refractivity contribution in [2.75, 3.05) is 0 Å². The summed E-state index contributed by atoms with van der Waals surface area (Å²) in [4.78, 5) is 0. The second kappa shape index (κ2) is 3.39. The molecule has 11 heavy (non-hydrogen) atoms. The zero-order chi connectivity index (χ0) is 8.27. The smallest absolute Gasteiger partial charge is 0.0836 e. The molecule has 2 nitrogen and oxygen atoms in total. The van der Waals surface area contributed by atoms with Crippen molar-refractivity contribution >= 4 is 17.3 Å². The molecule has 0 heterocycles. The molecule has 0 spiro atoms. The number of hydrogen-bond acceptors (Lipinski definition) is 2. The van der Waals surface area contributed by atoms with E-state index in [1.54, 1.807) is 31.2 Å². The maximum atomic E-state index is 8.41. The standard InChI is InChI=1S/C8H8ClNO/c1-6(10-11)7-2-4-8(9)5-3-7/h2-5,11H,1H3/b10-6-. The van der Waals surface area contributed by atoms with Crippen molar-refractivity contribution in [3.63, 3.8) is 0 Å². The molecule has 3 heteroatoms. The Hall–Kier alpha value is -1.02. The van der Waals surface area contributed by atoms with E-state index in [1.807, 2.05) is 0 Å². The van der Waals surface area contributed by atoms with Crippen LogP contribution in [0.5, 0.6) is 0 Å². The molecule has 0 atom stereocenters. The van der Waals surface area contributed by atoms with Gasteiger partial charge in [0.15, 0.2) is 0 Å². The minimum atomic E-state index is 0.585. The molecule has 1 rings (SSSR count). The Kier molecular flexibility index (Phi) is 2.49. The molecular formula is C8H8ClNO. The molecule has 0 saturated carbocycles. The number of nitrogens with zero attached hydrogens (tertiary/aromatic N) is 1. The van der Waals surface area contributed by atoms with Crippen LogP contribution in [-0.4, -0.2) is 10.9 Å². The molecule has 0 saturated heterocycles. The predicted octanol–water partition coefficient (Wildman–Crippen LogP) is 2.54. The maximum absolute atomic E-state index is 8.41. The Morgan fingerprint density at radius 2 is 1.91 bits per heavy atom. The van der Waals surface area contributed by atoms with E-state index >= 15 is 0 Å². The average Bonchev–Trinajstić information content (AvgIpc) is 2.05. The molecule has 1 aromatic rings. The van der Waals surface area contributed by atoms with Gasteiger partial charge in [0, 0.05) is 5.02 Å². The summed E-state index contributed by atoms with van der Waals surface area (Å²) in [5.74, 6) is 0. The van der Waals surface area contributed by atoms with Crippen LogP contribution in [-0.2, 0) is 0 Å². The highest BCUT2D eigenvalue weighted by atomic mass is 35.5. The molecule has 0 unspecified atom stereocenters. The van der Waals surface area contributed by atoms with E-state index < -0.39 is 0 Å². The molecule has 0 aliphatic carbocycles. The Morgan fingerprint density at radius 3 is 2.36 bits per heavy atom. The molecule has 0 aliphatic heterocycles. The van der Waals surface area contributed by atoms with E-state index in [9.17, 15) is 0 Å². The molecule has 0 aromatic heterocycles. The van der Waals surface area contributed by atoms with Gasteiger partial charge in [0.25, 0.3) is 0 Å². The van der Waals surface area contributed by atoms with Crippen LogP contribution in [0.15, 0.2) is 29.4 Å². The lowest BCUT2D eigenvalue weighted by Gasteiger charge is -1.96. The lowest BCUT2D eigenvalue weighted by atomic mass is 10.1. The average molecular weight is 170 g/mol. The molecular weight excluding hydrogens is 162 g/mol. The molecule has 1 aromatic carbocycles. The lowest BCUT2D eigenvalue weighted by Crippen LogP contribution is -1.92. The van der Waals surface area contributed by atoms with E-state index in [-0.39, 0.29) is 0 Å². The SMILES string of the molecule is C/C(=N/O)c1ccc(Cl)cc1. The highest BCUT2D eigenvalue weighted by Gasteiger charge is 1.95. The number of oxime groups is 1. The summed E-state index contributed by atoms with van der Waals surface area (Å²) in [5, 5.41) is 12.2. The fourth-order valence-corrected chi connectivity index (χ4v) is 0.875. The first-order chi connectivity index (χ1) is 5.24. The van der Waals surface area contributed by atoms with Crippen LogP contribution in [0.4, 0.5) is 0 Å². The van der Waals surface area contributed by atoms with Gasteiger partial charge >= 0.3 is 0 Å². The number of benzene rings is 1. The van der Waals surface area contributed by atoms with Gasteiger partial charge in [-0.1, -0.05) is 28.9 Å². The van der Waals surface area contributed by atoms with Gasteiger partial charge in [-0.3, -0.25) is 0 Å². The van der Waals surface area contributed by atoms with Crippen LogP contribution in [0.2, 0.25) is 5.02 Å². The van der Waals surface area contributed by atoms with Crippen molar-refractivity contribution in [2.45, 2.75) is 6.92 Å². The van der Waals surface area contributed by atoms with Gasteiger partial charge in [-0.05, 0) is 24.6 Å². The second-order valence-corrected chi connectivity index (χ2v) is 2.63. The molecule has 0 fully saturated rings. The molecule has 0 radical (unpaired) electrons. The van der Waals surface area contributed by atoms with Crippen molar-refractivity contribution in [3.8, 4) is 0 Å². The third-order valence-corrected chi connectivity index (χ3v) is 1.66. The Bertz CT molecular complexity index is 266. The minimum absolute atomic E-state index is 0.585. The van der Waals surface area contributed by atoms with Crippen molar-refractivity contribution < 1.29 is 5.21 Å². The third-order valence-electron chi connectivity index (χ3n) is 1.41. The first kappa shape index (κ1) is 8.08. The van der Waals surface area contributed by atoms with Crippen LogP contribution in [0.1, 0.15) is 12.5 Å². The predicted molar refractivity (Wildman–Crippen MR) is 45.4 cm³/mol. The summed E-state index contributed by atoms with van der Waals surface area (Å²) in [6, 6.07) is 7.12. The number of rotatable bonds is 1. The first-order valence-corrected chi connectivity index (χ1v) is 3.56. The fourth-order valence-electron chi connectivity index (χ4n) is 0.749. The highest BCUT2D eigenvalue weighted by molar-refractivity contribution is 6.30. The first-order valence-electron chi connectivity index (χ1n) is 3.18. The van der Waals surface area contributed by atoms with E-state index in [0.29, 0.717) is 10.7 Å². The molecule has 0 bridgehead atoms. The van der Waals surface area contributed by atoms with Gasteiger partial charge in [-0.25, -0.2) is 0 Å². The van der Waals surface area contributed by atoms with Gasteiger partial charge in [0.2, 0.25) is 0 Å². The highest BCUT2D eigenvalue weighted by Crippen LogP contribution is 2.09. The molecule has 58 valence electrons. The van der Waals surface area contributed by atoms with Crippen molar-refractivity contribution in [1.29, 1.82) is 0 Å². The van der Waals surface area contributed by atoms with E-state index in [1.165, 1.54) is 0 Å². The van der Waals surface area contributed by atoms with Crippen LogP contribution in [0.25, 0.3) is 0 Å². The topological polar surface area (TPSA) is 32.6 Å². The lowest BCUT2D eigenvalue weighted by molar-refractivity contribution is 0.319. The van der Waals surface area contributed by atoms with Gasteiger partial charge in [-0.15, -0.1) is 0 Å². The van der Waals surface area contributed by atoms with Crippen LogP contribution >= 0.6 is 11.6 Å². The van der Waals surface area contributed by atoms with Gasteiger partial charge < -0.3 is 5.21 Å². The minimum Gasteiger partial charge on any atom is -0.411 e. The molecule has 1 N–H and O–H groups in total. The van der Waals surface area contributed by atoms with Gasteiger partial charge in [-0.2, -0.15) is 0 Å². The summed E-state index contributed by atoms with van der Waals surface area (Å²) in [7, 11) is 0. The Morgan fingerprint density at radius 1 is 1.36 bits per heavy atom. The van der Waals surface area contributed by atoms with Gasteiger partial charge in [0.05, 0.1) is 5.71 Å². The molecule has 0 amide bonds. The van der Waals surface area contributed by atoms with E-state index in [0.717, 1.165) is 5.56 Å². The normalized spacial score (nSPS) is 11.6. The maximum Gasteiger partial charge on any atom is 0.0836 e. The van der Waals surface area contributed by atoms with Crippen molar-refractivity contribution in [2.24, 2.45) is 5.16 Å².